The molecular weight excluding hydrogens is 373 g/mol. The van der Waals surface area contributed by atoms with Crippen molar-refractivity contribution in [3.8, 4) is 5.75 Å². The Morgan fingerprint density at radius 1 is 1.04 bits per heavy atom. The van der Waals surface area contributed by atoms with Crippen LogP contribution in [0.1, 0.15) is 24.2 Å². The molecule has 144 valence electrons. The number of carbonyl (C=O) groups excluding carboxylic acids is 1. The van der Waals surface area contributed by atoms with Gasteiger partial charge < -0.3 is 9.47 Å². The Kier molecular flexibility index (Phi) is 5.59. The molecule has 1 aliphatic heterocycles. The Morgan fingerprint density at radius 2 is 1.59 bits per heavy atom. The Morgan fingerprint density at radius 3 is 2.15 bits per heavy atom. The van der Waals surface area contributed by atoms with Gasteiger partial charge in [-0.25, -0.2) is 17.6 Å². The standard InChI is InChI=1S/C19H20FNO5S/c1-13-11-21(12-14(2)25-13)27(23,24)18-9-3-15(4-10-18)19(22)26-17-7-5-16(20)6-8-17/h3-10,13-14H,11-12H2,1-2H3/t13-,14+. The highest BCUT2D eigenvalue weighted by atomic mass is 32.2. The van der Waals surface area contributed by atoms with Gasteiger partial charge in [-0.15, -0.1) is 0 Å². The smallest absolute Gasteiger partial charge is 0.343 e. The lowest BCUT2D eigenvalue weighted by molar-refractivity contribution is -0.0440. The van der Waals surface area contributed by atoms with Crippen molar-refractivity contribution in [2.24, 2.45) is 0 Å². The van der Waals surface area contributed by atoms with Crippen LogP contribution < -0.4 is 4.74 Å². The van der Waals surface area contributed by atoms with Crippen molar-refractivity contribution in [2.45, 2.75) is 31.0 Å². The average molecular weight is 393 g/mol. The molecule has 2 aromatic rings. The van der Waals surface area contributed by atoms with Gasteiger partial charge in [-0.1, -0.05) is 0 Å². The molecule has 0 amide bonds. The zero-order valence-electron chi connectivity index (χ0n) is 15.0. The van der Waals surface area contributed by atoms with Gasteiger partial charge in [0.15, 0.2) is 0 Å². The summed E-state index contributed by atoms with van der Waals surface area (Å²) < 4.78 is 50.6. The zero-order chi connectivity index (χ0) is 19.6. The van der Waals surface area contributed by atoms with E-state index in [0.717, 1.165) is 0 Å². The largest absolute Gasteiger partial charge is 0.423 e. The molecule has 2 atom stereocenters. The van der Waals surface area contributed by atoms with E-state index in [-0.39, 0.29) is 41.5 Å². The van der Waals surface area contributed by atoms with Gasteiger partial charge in [0.25, 0.3) is 0 Å². The summed E-state index contributed by atoms with van der Waals surface area (Å²) in [5, 5.41) is 0. The number of hydrogen-bond acceptors (Lipinski definition) is 5. The van der Waals surface area contributed by atoms with Gasteiger partial charge in [0.05, 0.1) is 22.7 Å². The van der Waals surface area contributed by atoms with E-state index in [1.165, 1.54) is 52.8 Å². The molecule has 0 unspecified atom stereocenters. The van der Waals surface area contributed by atoms with Crippen LogP contribution in [0.4, 0.5) is 4.39 Å². The quantitative estimate of drug-likeness (QED) is 0.590. The summed E-state index contributed by atoms with van der Waals surface area (Å²) >= 11 is 0. The summed E-state index contributed by atoms with van der Waals surface area (Å²) in [6.45, 7) is 4.21. The van der Waals surface area contributed by atoms with E-state index in [9.17, 15) is 17.6 Å². The minimum Gasteiger partial charge on any atom is -0.423 e. The fourth-order valence-corrected chi connectivity index (χ4v) is 4.50. The van der Waals surface area contributed by atoms with E-state index in [4.69, 9.17) is 9.47 Å². The maximum atomic E-state index is 12.9. The van der Waals surface area contributed by atoms with Crippen LogP contribution in [-0.4, -0.2) is 44.0 Å². The van der Waals surface area contributed by atoms with Gasteiger partial charge >= 0.3 is 5.97 Å². The minimum atomic E-state index is -3.67. The van der Waals surface area contributed by atoms with E-state index in [1.807, 2.05) is 13.8 Å². The van der Waals surface area contributed by atoms with Gasteiger partial charge in [-0.3, -0.25) is 0 Å². The van der Waals surface area contributed by atoms with Gasteiger partial charge in [0, 0.05) is 13.1 Å². The molecule has 0 bridgehead atoms. The number of hydrogen-bond donors (Lipinski definition) is 0. The number of sulfonamides is 1. The monoisotopic (exact) mass is 393 g/mol. The van der Waals surface area contributed by atoms with Crippen LogP contribution in [0.5, 0.6) is 5.75 Å². The molecule has 27 heavy (non-hydrogen) atoms. The molecule has 1 heterocycles. The van der Waals surface area contributed by atoms with E-state index in [2.05, 4.69) is 0 Å². The number of esters is 1. The maximum Gasteiger partial charge on any atom is 0.343 e. The highest BCUT2D eigenvalue weighted by Crippen LogP contribution is 2.22. The van der Waals surface area contributed by atoms with E-state index in [0.29, 0.717) is 0 Å². The highest BCUT2D eigenvalue weighted by molar-refractivity contribution is 7.89. The van der Waals surface area contributed by atoms with Gasteiger partial charge in [0.2, 0.25) is 10.0 Å². The molecule has 0 aromatic heterocycles. The first-order chi connectivity index (χ1) is 12.8. The summed E-state index contributed by atoms with van der Waals surface area (Å²) in [5.41, 5.74) is 0.196. The normalized spacial score (nSPS) is 21.0. The van der Waals surface area contributed by atoms with Crippen LogP contribution in [0.25, 0.3) is 0 Å². The molecule has 0 radical (unpaired) electrons. The number of halogens is 1. The maximum absolute atomic E-state index is 12.9. The predicted molar refractivity (Wildman–Crippen MR) is 96.6 cm³/mol. The molecule has 8 heteroatoms. The number of rotatable bonds is 4. The molecule has 0 spiro atoms. The average Bonchev–Trinajstić information content (AvgIpc) is 2.63. The van der Waals surface area contributed by atoms with Crippen LogP contribution in [-0.2, 0) is 14.8 Å². The van der Waals surface area contributed by atoms with Crippen LogP contribution in [0, 0.1) is 5.82 Å². The van der Waals surface area contributed by atoms with Crippen LogP contribution >= 0.6 is 0 Å². The Hall–Kier alpha value is -2.29. The Bertz CT molecular complexity index is 902. The SMILES string of the molecule is C[C@@H]1CN(S(=O)(=O)c2ccc(C(=O)Oc3ccc(F)cc3)cc2)C[C@H](C)O1. The molecule has 1 fully saturated rings. The first-order valence-corrected chi connectivity index (χ1v) is 9.93. The molecular formula is C19H20FNO5S. The lowest BCUT2D eigenvalue weighted by Crippen LogP contribution is -2.48. The lowest BCUT2D eigenvalue weighted by atomic mass is 10.2. The van der Waals surface area contributed by atoms with Gasteiger partial charge in [-0.05, 0) is 62.4 Å². The molecule has 2 aromatic carbocycles. The van der Waals surface area contributed by atoms with Crippen molar-refractivity contribution in [3.05, 3.63) is 59.9 Å². The summed E-state index contributed by atoms with van der Waals surface area (Å²) in [4.78, 5) is 12.3. The molecule has 1 aliphatic rings. The number of morpholine rings is 1. The van der Waals surface area contributed by atoms with Crippen LogP contribution in [0.2, 0.25) is 0 Å². The fraction of sp³-hybridized carbons (Fsp3) is 0.316. The van der Waals surface area contributed by atoms with E-state index < -0.39 is 21.8 Å². The van der Waals surface area contributed by atoms with E-state index in [1.54, 1.807) is 0 Å². The van der Waals surface area contributed by atoms with E-state index >= 15 is 0 Å². The van der Waals surface area contributed by atoms with Crippen molar-refractivity contribution >= 4 is 16.0 Å². The number of ether oxygens (including phenoxy) is 2. The first kappa shape index (κ1) is 19.5. The van der Waals surface area contributed by atoms with Gasteiger partial charge in [0.1, 0.15) is 11.6 Å². The topological polar surface area (TPSA) is 72.9 Å². The number of benzene rings is 2. The third-order valence-corrected chi connectivity index (χ3v) is 5.98. The van der Waals surface area contributed by atoms with Crippen molar-refractivity contribution in [2.75, 3.05) is 13.1 Å². The van der Waals surface area contributed by atoms with Crippen LogP contribution in [0.15, 0.2) is 53.4 Å². The third kappa shape index (κ3) is 4.52. The second-order valence-corrected chi connectivity index (χ2v) is 8.39. The van der Waals surface area contributed by atoms with Crippen molar-refractivity contribution in [1.82, 2.24) is 4.31 Å². The third-order valence-electron chi connectivity index (χ3n) is 4.14. The molecule has 3 rings (SSSR count). The predicted octanol–water partition coefficient (Wildman–Crippen LogP) is 2.84. The summed E-state index contributed by atoms with van der Waals surface area (Å²) in [6, 6.07) is 10.6. The van der Waals surface area contributed by atoms with Crippen molar-refractivity contribution < 1.29 is 27.1 Å². The minimum absolute atomic E-state index is 0.0992. The summed E-state index contributed by atoms with van der Waals surface area (Å²) in [5.74, 6) is -0.885. The zero-order valence-corrected chi connectivity index (χ0v) is 15.8. The van der Waals surface area contributed by atoms with Crippen molar-refractivity contribution in [1.29, 1.82) is 0 Å². The molecule has 0 aliphatic carbocycles. The van der Waals surface area contributed by atoms with Gasteiger partial charge in [-0.2, -0.15) is 4.31 Å². The fourth-order valence-electron chi connectivity index (χ4n) is 2.91. The number of nitrogens with zero attached hydrogens (tertiary/aromatic N) is 1. The highest BCUT2D eigenvalue weighted by Gasteiger charge is 2.32. The summed E-state index contributed by atoms with van der Waals surface area (Å²) in [7, 11) is -3.67. The Balaban J connectivity index is 1.74. The van der Waals surface area contributed by atoms with Crippen molar-refractivity contribution in [3.63, 3.8) is 0 Å². The number of carbonyl (C=O) groups is 1. The lowest BCUT2D eigenvalue weighted by Gasteiger charge is -2.34. The second kappa shape index (κ2) is 7.75. The van der Waals surface area contributed by atoms with Crippen LogP contribution in [0.3, 0.4) is 0 Å². The molecule has 1 saturated heterocycles. The first-order valence-electron chi connectivity index (χ1n) is 8.49. The second-order valence-electron chi connectivity index (χ2n) is 6.45. The molecule has 0 saturated carbocycles. The molecule has 6 nitrogen and oxygen atoms in total. The summed E-state index contributed by atoms with van der Waals surface area (Å²) in [6.07, 6.45) is -0.373. The Labute approximate surface area is 157 Å². The molecule has 0 N–H and O–H groups in total.